The highest BCUT2D eigenvalue weighted by molar-refractivity contribution is 6.35. The molecule has 0 atom stereocenters. The van der Waals surface area contributed by atoms with E-state index in [0.29, 0.717) is 41.8 Å². The fourth-order valence-electron chi connectivity index (χ4n) is 2.86. The topological polar surface area (TPSA) is 52.7 Å². The largest absolute Gasteiger partial charge is 0.376 e. The molecule has 0 radical (unpaired) electrons. The highest BCUT2D eigenvalue weighted by atomic mass is 35.5. The highest BCUT2D eigenvalue weighted by Gasteiger charge is 2.25. The molecule has 0 unspecified atom stereocenters. The molecule has 3 rings (SSSR count). The molecule has 5 nitrogen and oxygen atoms in total. The van der Waals surface area contributed by atoms with Crippen molar-refractivity contribution in [2.75, 3.05) is 38.0 Å². The molecule has 0 bridgehead atoms. The van der Waals surface area contributed by atoms with Gasteiger partial charge in [-0.1, -0.05) is 41.4 Å². The molecule has 2 aromatic rings. The van der Waals surface area contributed by atoms with Crippen molar-refractivity contribution in [1.82, 2.24) is 9.80 Å². The second-order valence-electron chi connectivity index (χ2n) is 6.05. The van der Waals surface area contributed by atoms with E-state index in [-0.39, 0.29) is 30.8 Å². The van der Waals surface area contributed by atoms with E-state index in [2.05, 4.69) is 5.32 Å². The van der Waals surface area contributed by atoms with Crippen molar-refractivity contribution in [2.24, 2.45) is 0 Å². The summed E-state index contributed by atoms with van der Waals surface area (Å²) in [5, 5.41) is 3.98. The Bertz CT molecular complexity index is 774. The minimum atomic E-state index is -0.121. The molecule has 0 aromatic heterocycles. The van der Waals surface area contributed by atoms with Crippen LogP contribution in [0.15, 0.2) is 48.5 Å². The standard InChI is InChI=1S/C19H19Cl2N3O2.ClH/c20-15-10-14(11-16(21)12-15)19(26)24-8-6-23(7-9-24)18(25)13-22-17-4-2-1-3-5-17;/h1-5,10-12,22H,6-9,13H2;1H. The van der Waals surface area contributed by atoms with E-state index < -0.39 is 0 Å². The summed E-state index contributed by atoms with van der Waals surface area (Å²) in [6.45, 7) is 2.23. The number of amides is 2. The number of para-hydroxylation sites is 1. The monoisotopic (exact) mass is 427 g/mol. The summed E-state index contributed by atoms with van der Waals surface area (Å²) < 4.78 is 0. The number of nitrogens with zero attached hydrogens (tertiary/aromatic N) is 2. The van der Waals surface area contributed by atoms with Gasteiger partial charge in [-0.15, -0.1) is 12.4 Å². The summed E-state index contributed by atoms with van der Waals surface area (Å²) in [4.78, 5) is 28.4. The smallest absolute Gasteiger partial charge is 0.254 e. The molecule has 0 saturated carbocycles. The van der Waals surface area contributed by atoms with Crippen LogP contribution in [-0.2, 0) is 4.79 Å². The SMILES string of the molecule is Cl.O=C(CNc1ccccc1)N1CCN(C(=O)c2cc(Cl)cc(Cl)c2)CC1. The van der Waals surface area contributed by atoms with Gasteiger partial charge in [-0.25, -0.2) is 0 Å². The third kappa shape index (κ3) is 5.76. The Kier molecular flexibility index (Phi) is 7.78. The third-order valence-corrected chi connectivity index (χ3v) is 4.68. The van der Waals surface area contributed by atoms with Crippen LogP contribution in [0.5, 0.6) is 0 Å². The first kappa shape index (κ1) is 21.4. The number of nitrogens with one attached hydrogen (secondary N) is 1. The van der Waals surface area contributed by atoms with Crippen molar-refractivity contribution < 1.29 is 9.59 Å². The Morgan fingerprint density at radius 1 is 0.889 bits per heavy atom. The highest BCUT2D eigenvalue weighted by Crippen LogP contribution is 2.20. The van der Waals surface area contributed by atoms with E-state index in [9.17, 15) is 9.59 Å². The first-order valence-electron chi connectivity index (χ1n) is 8.35. The first-order valence-corrected chi connectivity index (χ1v) is 9.10. The van der Waals surface area contributed by atoms with Gasteiger partial charge in [-0.3, -0.25) is 9.59 Å². The molecule has 144 valence electrons. The van der Waals surface area contributed by atoms with Crippen molar-refractivity contribution in [2.45, 2.75) is 0 Å². The Morgan fingerprint density at radius 2 is 1.44 bits per heavy atom. The van der Waals surface area contributed by atoms with Gasteiger partial charge < -0.3 is 15.1 Å². The number of benzene rings is 2. The van der Waals surface area contributed by atoms with Gasteiger partial charge in [0.05, 0.1) is 6.54 Å². The number of anilines is 1. The second-order valence-corrected chi connectivity index (χ2v) is 6.92. The fourth-order valence-corrected chi connectivity index (χ4v) is 3.39. The number of carbonyl (C=O) groups excluding carboxylic acids is 2. The zero-order valence-corrected chi connectivity index (χ0v) is 16.9. The number of halogens is 3. The van der Waals surface area contributed by atoms with Crippen molar-refractivity contribution in [3.63, 3.8) is 0 Å². The predicted octanol–water partition coefficient (Wildman–Crippen LogP) is 3.81. The van der Waals surface area contributed by atoms with Gasteiger partial charge in [0.15, 0.2) is 0 Å². The zero-order valence-electron chi connectivity index (χ0n) is 14.5. The average Bonchev–Trinajstić information content (AvgIpc) is 2.65. The lowest BCUT2D eigenvalue weighted by molar-refractivity contribution is -0.130. The lowest BCUT2D eigenvalue weighted by atomic mass is 10.2. The molecule has 8 heteroatoms. The third-order valence-electron chi connectivity index (χ3n) is 4.25. The summed E-state index contributed by atoms with van der Waals surface area (Å²) in [6.07, 6.45) is 0. The maximum atomic E-state index is 12.6. The summed E-state index contributed by atoms with van der Waals surface area (Å²) in [7, 11) is 0. The van der Waals surface area contributed by atoms with Crippen molar-refractivity contribution in [3.05, 3.63) is 64.1 Å². The maximum absolute atomic E-state index is 12.6. The fraction of sp³-hybridized carbons (Fsp3) is 0.263. The molecular weight excluding hydrogens is 409 g/mol. The number of hydrogen-bond donors (Lipinski definition) is 1. The van der Waals surface area contributed by atoms with Gasteiger partial charge in [-0.2, -0.15) is 0 Å². The molecule has 2 aromatic carbocycles. The minimum absolute atomic E-state index is 0. The average molecular weight is 429 g/mol. The van der Waals surface area contributed by atoms with Crippen LogP contribution in [-0.4, -0.2) is 54.3 Å². The van der Waals surface area contributed by atoms with E-state index in [1.54, 1.807) is 28.0 Å². The molecule has 0 spiro atoms. The summed E-state index contributed by atoms with van der Waals surface area (Å²) >= 11 is 11.9. The van der Waals surface area contributed by atoms with Gasteiger partial charge in [0, 0.05) is 47.5 Å². The molecule has 1 heterocycles. The molecule has 0 aliphatic carbocycles. The molecule has 1 fully saturated rings. The van der Waals surface area contributed by atoms with Crippen LogP contribution in [0.1, 0.15) is 10.4 Å². The van der Waals surface area contributed by atoms with E-state index in [0.717, 1.165) is 5.69 Å². The van der Waals surface area contributed by atoms with Gasteiger partial charge in [0.25, 0.3) is 5.91 Å². The van der Waals surface area contributed by atoms with E-state index in [4.69, 9.17) is 23.2 Å². The van der Waals surface area contributed by atoms with E-state index in [1.165, 1.54) is 0 Å². The Morgan fingerprint density at radius 3 is 2.04 bits per heavy atom. The number of piperazine rings is 1. The maximum Gasteiger partial charge on any atom is 0.254 e. The minimum Gasteiger partial charge on any atom is -0.376 e. The molecule has 1 aliphatic heterocycles. The predicted molar refractivity (Wildman–Crippen MR) is 111 cm³/mol. The van der Waals surface area contributed by atoms with Crippen LogP contribution in [0.3, 0.4) is 0 Å². The molecule has 2 amide bonds. The molecule has 1 aliphatic rings. The normalized spacial score (nSPS) is 13.7. The van der Waals surface area contributed by atoms with Crippen molar-refractivity contribution in [3.8, 4) is 0 Å². The lowest BCUT2D eigenvalue weighted by Crippen LogP contribution is -2.51. The van der Waals surface area contributed by atoms with Gasteiger partial charge >= 0.3 is 0 Å². The first-order chi connectivity index (χ1) is 12.5. The van der Waals surface area contributed by atoms with Crippen LogP contribution in [0, 0.1) is 0 Å². The molecular formula is C19H20Cl3N3O2. The number of rotatable bonds is 4. The van der Waals surface area contributed by atoms with Crippen LogP contribution in [0.2, 0.25) is 10.0 Å². The van der Waals surface area contributed by atoms with Crippen LogP contribution in [0.25, 0.3) is 0 Å². The number of carbonyl (C=O) groups is 2. The molecule has 1 N–H and O–H groups in total. The van der Waals surface area contributed by atoms with Crippen molar-refractivity contribution in [1.29, 1.82) is 0 Å². The number of hydrogen-bond acceptors (Lipinski definition) is 3. The van der Waals surface area contributed by atoms with E-state index in [1.807, 2.05) is 30.3 Å². The Hall–Kier alpha value is -1.95. The summed E-state index contributed by atoms with van der Waals surface area (Å²) in [5.41, 5.74) is 1.38. The van der Waals surface area contributed by atoms with Gasteiger partial charge in [0.2, 0.25) is 5.91 Å². The quantitative estimate of drug-likeness (QED) is 0.805. The Labute approximate surface area is 174 Å². The van der Waals surface area contributed by atoms with Gasteiger partial charge in [-0.05, 0) is 30.3 Å². The van der Waals surface area contributed by atoms with Crippen LogP contribution < -0.4 is 5.32 Å². The van der Waals surface area contributed by atoms with Crippen LogP contribution in [0.4, 0.5) is 5.69 Å². The van der Waals surface area contributed by atoms with Crippen LogP contribution >= 0.6 is 35.6 Å². The Balaban J connectivity index is 0.00000261. The lowest BCUT2D eigenvalue weighted by Gasteiger charge is -2.35. The summed E-state index contributed by atoms with van der Waals surface area (Å²) in [5.74, 6) is -0.101. The summed E-state index contributed by atoms with van der Waals surface area (Å²) in [6, 6.07) is 14.4. The molecule has 27 heavy (non-hydrogen) atoms. The van der Waals surface area contributed by atoms with E-state index >= 15 is 0 Å². The zero-order chi connectivity index (χ0) is 18.5. The molecule has 1 saturated heterocycles. The van der Waals surface area contributed by atoms with Gasteiger partial charge in [0.1, 0.15) is 0 Å². The second kappa shape index (κ2) is 9.83. The van der Waals surface area contributed by atoms with Crippen molar-refractivity contribution >= 4 is 53.1 Å².